The molecule has 23 heavy (non-hydrogen) atoms. The van der Waals surface area contributed by atoms with Gasteiger partial charge in [0.1, 0.15) is 0 Å². The van der Waals surface area contributed by atoms with Gasteiger partial charge in [0, 0.05) is 24.9 Å². The molecule has 1 aromatic carbocycles. The van der Waals surface area contributed by atoms with Crippen LogP contribution >= 0.6 is 11.6 Å². The summed E-state index contributed by atoms with van der Waals surface area (Å²) in [5.41, 5.74) is 0.0834. The summed E-state index contributed by atoms with van der Waals surface area (Å²) in [4.78, 5) is 16.0. The molecule has 1 aromatic heterocycles. The van der Waals surface area contributed by atoms with Crippen molar-refractivity contribution < 1.29 is 14.3 Å². The normalized spacial score (nSPS) is 15.9. The molecule has 1 heterocycles. The number of carbonyl (C=O) groups excluding carboxylic acids is 1. The average Bonchev–Trinajstić information content (AvgIpc) is 2.98. The fraction of sp³-hybridized carbons (Fsp3) is 0.412. The van der Waals surface area contributed by atoms with Crippen LogP contribution in [0.5, 0.6) is 0 Å². The Morgan fingerprint density at radius 3 is 2.87 bits per heavy atom. The Labute approximate surface area is 139 Å². The maximum absolute atomic E-state index is 11.8. The van der Waals surface area contributed by atoms with Crippen molar-refractivity contribution in [3.63, 3.8) is 0 Å². The van der Waals surface area contributed by atoms with Gasteiger partial charge in [0.05, 0.1) is 16.8 Å². The first kappa shape index (κ1) is 16.0. The van der Waals surface area contributed by atoms with Crippen LogP contribution in [0.1, 0.15) is 31.6 Å². The number of rotatable bonds is 6. The van der Waals surface area contributed by atoms with Crippen LogP contribution in [-0.2, 0) is 11.2 Å². The SMILES string of the molecule is O=C(CCc1ncc(-c2ccccc2Cl)o1)NCC1(O)CCC1. The average molecular weight is 335 g/mol. The summed E-state index contributed by atoms with van der Waals surface area (Å²) in [7, 11) is 0. The van der Waals surface area contributed by atoms with E-state index in [4.69, 9.17) is 16.0 Å². The molecule has 122 valence electrons. The highest BCUT2D eigenvalue weighted by Gasteiger charge is 2.34. The van der Waals surface area contributed by atoms with Crippen molar-refractivity contribution in [3.05, 3.63) is 41.4 Å². The number of oxazole rings is 1. The van der Waals surface area contributed by atoms with E-state index in [1.165, 1.54) is 0 Å². The van der Waals surface area contributed by atoms with E-state index in [-0.39, 0.29) is 12.3 Å². The van der Waals surface area contributed by atoms with E-state index in [1.54, 1.807) is 12.3 Å². The number of benzene rings is 1. The number of carbonyl (C=O) groups is 1. The number of aliphatic hydroxyl groups is 1. The zero-order valence-corrected chi connectivity index (χ0v) is 13.5. The number of nitrogens with one attached hydrogen (secondary N) is 1. The topological polar surface area (TPSA) is 75.4 Å². The number of halogens is 1. The maximum Gasteiger partial charge on any atom is 0.220 e. The van der Waals surface area contributed by atoms with Gasteiger partial charge in [-0.25, -0.2) is 4.98 Å². The minimum atomic E-state index is -0.699. The third kappa shape index (κ3) is 3.92. The molecule has 6 heteroatoms. The van der Waals surface area contributed by atoms with Gasteiger partial charge >= 0.3 is 0 Å². The molecule has 5 nitrogen and oxygen atoms in total. The zero-order valence-electron chi connectivity index (χ0n) is 12.7. The van der Waals surface area contributed by atoms with Gasteiger partial charge < -0.3 is 14.8 Å². The molecule has 0 atom stereocenters. The Bertz CT molecular complexity index is 695. The maximum atomic E-state index is 11.8. The summed E-state index contributed by atoms with van der Waals surface area (Å²) in [6.07, 6.45) is 4.84. The van der Waals surface area contributed by atoms with Gasteiger partial charge in [0.15, 0.2) is 11.7 Å². The molecule has 1 fully saturated rings. The molecular formula is C17H19ClN2O3. The Morgan fingerprint density at radius 1 is 1.39 bits per heavy atom. The van der Waals surface area contributed by atoms with Gasteiger partial charge in [0.25, 0.3) is 0 Å². The molecule has 3 rings (SSSR count). The first-order valence-electron chi connectivity index (χ1n) is 7.74. The largest absolute Gasteiger partial charge is 0.441 e. The summed E-state index contributed by atoms with van der Waals surface area (Å²) in [6.45, 7) is 0.322. The summed E-state index contributed by atoms with van der Waals surface area (Å²) < 4.78 is 5.65. The van der Waals surface area contributed by atoms with Gasteiger partial charge in [-0.05, 0) is 31.4 Å². The second kappa shape index (κ2) is 6.72. The number of aromatic nitrogens is 1. The highest BCUT2D eigenvalue weighted by molar-refractivity contribution is 6.33. The highest BCUT2D eigenvalue weighted by Crippen LogP contribution is 2.30. The van der Waals surface area contributed by atoms with Crippen molar-refractivity contribution in [2.45, 2.75) is 37.7 Å². The molecule has 1 saturated carbocycles. The summed E-state index contributed by atoms with van der Waals surface area (Å²) in [6, 6.07) is 7.38. The van der Waals surface area contributed by atoms with Crippen LogP contribution in [-0.4, -0.2) is 28.1 Å². The van der Waals surface area contributed by atoms with E-state index in [9.17, 15) is 9.90 Å². The molecule has 0 spiro atoms. The lowest BCUT2D eigenvalue weighted by atomic mass is 9.80. The fourth-order valence-electron chi connectivity index (χ4n) is 2.55. The van der Waals surface area contributed by atoms with Crippen LogP contribution in [0.4, 0.5) is 0 Å². The van der Waals surface area contributed by atoms with E-state index in [2.05, 4.69) is 10.3 Å². The Balaban J connectivity index is 1.51. The molecule has 1 aliphatic carbocycles. The first-order valence-corrected chi connectivity index (χ1v) is 8.12. The quantitative estimate of drug-likeness (QED) is 0.851. The second-order valence-corrected chi connectivity index (χ2v) is 6.36. The van der Waals surface area contributed by atoms with E-state index >= 15 is 0 Å². The molecule has 1 amide bonds. The number of hydrogen-bond donors (Lipinski definition) is 2. The predicted molar refractivity (Wildman–Crippen MR) is 87.1 cm³/mol. The summed E-state index contributed by atoms with van der Waals surface area (Å²) in [5, 5.41) is 13.3. The van der Waals surface area contributed by atoms with Crippen molar-refractivity contribution in [2.24, 2.45) is 0 Å². The smallest absolute Gasteiger partial charge is 0.220 e. The van der Waals surface area contributed by atoms with Gasteiger partial charge in [-0.3, -0.25) is 4.79 Å². The number of aryl methyl sites for hydroxylation is 1. The molecule has 2 aromatic rings. The van der Waals surface area contributed by atoms with E-state index in [1.807, 2.05) is 18.2 Å². The standard InChI is InChI=1S/C17H19ClN2O3/c18-13-5-2-1-4-12(13)14-10-19-16(23-14)7-6-15(21)20-11-17(22)8-3-9-17/h1-2,4-5,10,22H,3,6-9,11H2,(H,20,21). The van der Waals surface area contributed by atoms with Crippen LogP contribution in [0.15, 0.2) is 34.9 Å². The van der Waals surface area contributed by atoms with Crippen molar-refractivity contribution in [1.82, 2.24) is 10.3 Å². The molecule has 0 saturated heterocycles. The van der Waals surface area contributed by atoms with E-state index < -0.39 is 5.60 Å². The van der Waals surface area contributed by atoms with E-state index in [0.29, 0.717) is 29.6 Å². The van der Waals surface area contributed by atoms with Gasteiger partial charge in [-0.2, -0.15) is 0 Å². The van der Waals surface area contributed by atoms with Crippen molar-refractivity contribution >= 4 is 17.5 Å². The Morgan fingerprint density at radius 2 is 2.17 bits per heavy atom. The molecule has 0 radical (unpaired) electrons. The summed E-state index contributed by atoms with van der Waals surface area (Å²) in [5.74, 6) is 0.982. The first-order chi connectivity index (χ1) is 11.1. The third-order valence-electron chi connectivity index (χ3n) is 4.16. The van der Waals surface area contributed by atoms with Crippen LogP contribution in [0.2, 0.25) is 5.02 Å². The van der Waals surface area contributed by atoms with E-state index in [0.717, 1.165) is 24.8 Å². The van der Waals surface area contributed by atoms with Gasteiger partial charge in [0.2, 0.25) is 5.91 Å². The molecule has 2 N–H and O–H groups in total. The lowest BCUT2D eigenvalue weighted by molar-refractivity contribution is -0.123. The monoisotopic (exact) mass is 334 g/mol. The minimum absolute atomic E-state index is 0.109. The molecule has 1 aliphatic rings. The van der Waals surface area contributed by atoms with Crippen LogP contribution < -0.4 is 5.32 Å². The number of nitrogens with zero attached hydrogens (tertiary/aromatic N) is 1. The Hall–Kier alpha value is -1.85. The third-order valence-corrected chi connectivity index (χ3v) is 4.49. The molecule has 0 bridgehead atoms. The molecular weight excluding hydrogens is 316 g/mol. The molecule has 0 unspecified atom stereocenters. The summed E-state index contributed by atoms with van der Waals surface area (Å²) >= 11 is 6.12. The van der Waals surface area contributed by atoms with Crippen molar-refractivity contribution in [1.29, 1.82) is 0 Å². The Kier molecular flexibility index (Phi) is 4.68. The second-order valence-electron chi connectivity index (χ2n) is 5.95. The minimum Gasteiger partial charge on any atom is -0.441 e. The molecule has 0 aliphatic heterocycles. The van der Waals surface area contributed by atoms with Crippen LogP contribution in [0, 0.1) is 0 Å². The lowest BCUT2D eigenvalue weighted by Gasteiger charge is -2.36. The number of hydrogen-bond acceptors (Lipinski definition) is 4. The zero-order chi connectivity index (χ0) is 16.3. The van der Waals surface area contributed by atoms with Crippen LogP contribution in [0.3, 0.4) is 0 Å². The predicted octanol–water partition coefficient (Wildman–Crippen LogP) is 2.96. The van der Waals surface area contributed by atoms with Crippen LogP contribution in [0.25, 0.3) is 11.3 Å². The van der Waals surface area contributed by atoms with Gasteiger partial charge in [-0.15, -0.1) is 0 Å². The number of amides is 1. The lowest BCUT2D eigenvalue weighted by Crippen LogP contribution is -2.47. The fourth-order valence-corrected chi connectivity index (χ4v) is 2.77. The van der Waals surface area contributed by atoms with Crippen molar-refractivity contribution in [2.75, 3.05) is 6.54 Å². The van der Waals surface area contributed by atoms with Crippen molar-refractivity contribution in [3.8, 4) is 11.3 Å². The highest BCUT2D eigenvalue weighted by atomic mass is 35.5. The van der Waals surface area contributed by atoms with Gasteiger partial charge in [-0.1, -0.05) is 23.7 Å².